The smallest absolute Gasteiger partial charge is 0.373 e. The molecule has 2 rings (SSSR count). The molecule has 0 bridgehead atoms. The Morgan fingerprint density at radius 2 is 1.76 bits per heavy atom. The number of rotatable bonds is 7. The SMILES string of the molecule is CCCC1(OC)C(N)(S(=O)(=O)c2ccccc2)CCC[Si]1(OC)OC. The Labute approximate surface area is 151 Å². The van der Waals surface area contributed by atoms with E-state index in [-0.39, 0.29) is 4.90 Å². The van der Waals surface area contributed by atoms with Crippen LogP contribution in [0.15, 0.2) is 35.2 Å². The summed E-state index contributed by atoms with van der Waals surface area (Å²) in [7, 11) is -2.25. The zero-order valence-corrected chi connectivity index (χ0v) is 17.3. The second-order valence-electron chi connectivity index (χ2n) is 6.50. The van der Waals surface area contributed by atoms with Crippen LogP contribution in [0.4, 0.5) is 0 Å². The summed E-state index contributed by atoms with van der Waals surface area (Å²) in [6.07, 6.45) is 2.09. The molecule has 1 aromatic rings. The Morgan fingerprint density at radius 3 is 2.24 bits per heavy atom. The van der Waals surface area contributed by atoms with Gasteiger partial charge in [0.05, 0.1) is 4.90 Å². The van der Waals surface area contributed by atoms with Gasteiger partial charge >= 0.3 is 8.56 Å². The van der Waals surface area contributed by atoms with Gasteiger partial charge in [-0.25, -0.2) is 8.42 Å². The molecule has 0 aliphatic carbocycles. The van der Waals surface area contributed by atoms with Crippen LogP contribution in [0, 0.1) is 0 Å². The lowest BCUT2D eigenvalue weighted by atomic mass is 9.99. The molecule has 0 radical (unpaired) electrons. The van der Waals surface area contributed by atoms with Crippen LogP contribution in [0.2, 0.25) is 6.04 Å². The van der Waals surface area contributed by atoms with Crippen molar-refractivity contribution in [2.75, 3.05) is 21.3 Å². The topological polar surface area (TPSA) is 87.9 Å². The first kappa shape index (κ1) is 20.5. The second kappa shape index (κ2) is 7.46. The van der Waals surface area contributed by atoms with Gasteiger partial charge in [-0.1, -0.05) is 31.5 Å². The average molecular weight is 388 g/mol. The molecule has 2 atom stereocenters. The molecule has 1 fully saturated rings. The molecule has 1 saturated heterocycles. The monoisotopic (exact) mass is 387 g/mol. The fourth-order valence-electron chi connectivity index (χ4n) is 4.27. The van der Waals surface area contributed by atoms with Crippen molar-refractivity contribution < 1.29 is 22.0 Å². The van der Waals surface area contributed by atoms with Gasteiger partial charge in [0.2, 0.25) is 0 Å². The first-order chi connectivity index (χ1) is 11.8. The molecule has 0 saturated carbocycles. The van der Waals surface area contributed by atoms with Gasteiger partial charge in [-0.05, 0) is 37.4 Å². The normalized spacial score (nSPS) is 29.5. The highest BCUT2D eigenvalue weighted by molar-refractivity contribution is 7.93. The van der Waals surface area contributed by atoms with Crippen molar-refractivity contribution in [3.8, 4) is 0 Å². The zero-order valence-electron chi connectivity index (χ0n) is 15.4. The molecule has 1 aliphatic heterocycles. The number of hydrogen-bond donors (Lipinski definition) is 1. The molecule has 0 aromatic heterocycles. The van der Waals surface area contributed by atoms with E-state index in [0.717, 1.165) is 0 Å². The molecule has 8 heteroatoms. The Hall–Kier alpha value is -0.773. The molecule has 1 heterocycles. The minimum Gasteiger partial charge on any atom is -0.396 e. The number of benzene rings is 1. The van der Waals surface area contributed by atoms with Gasteiger partial charge in [0, 0.05) is 21.3 Å². The highest BCUT2D eigenvalue weighted by Gasteiger charge is 2.73. The van der Waals surface area contributed by atoms with E-state index in [4.69, 9.17) is 19.3 Å². The van der Waals surface area contributed by atoms with Gasteiger partial charge in [-0.3, -0.25) is 0 Å². The lowest BCUT2D eigenvalue weighted by molar-refractivity contribution is -0.0409. The molecule has 6 nitrogen and oxygen atoms in total. The highest BCUT2D eigenvalue weighted by atomic mass is 32.2. The quantitative estimate of drug-likeness (QED) is 0.723. The van der Waals surface area contributed by atoms with Crippen molar-refractivity contribution in [3.05, 3.63) is 30.3 Å². The Kier molecular flexibility index (Phi) is 6.13. The van der Waals surface area contributed by atoms with Gasteiger partial charge < -0.3 is 19.3 Å². The third kappa shape index (κ3) is 2.79. The number of methoxy groups -OCH3 is 1. The molecule has 2 unspecified atom stereocenters. The zero-order chi connectivity index (χ0) is 18.8. The van der Waals surface area contributed by atoms with Crippen LogP contribution in [-0.4, -0.2) is 48.4 Å². The maximum absolute atomic E-state index is 13.6. The van der Waals surface area contributed by atoms with E-state index in [1.807, 2.05) is 6.92 Å². The van der Waals surface area contributed by atoms with Crippen LogP contribution in [0.1, 0.15) is 32.6 Å². The van der Waals surface area contributed by atoms with E-state index < -0.39 is 28.5 Å². The summed E-state index contributed by atoms with van der Waals surface area (Å²) in [6.45, 7) is 1.98. The molecule has 25 heavy (non-hydrogen) atoms. The van der Waals surface area contributed by atoms with E-state index in [0.29, 0.717) is 31.7 Å². The third-order valence-electron chi connectivity index (χ3n) is 5.50. The van der Waals surface area contributed by atoms with E-state index in [2.05, 4.69) is 0 Å². The summed E-state index contributed by atoms with van der Waals surface area (Å²) in [4.78, 5) is -1.41. The van der Waals surface area contributed by atoms with Gasteiger partial charge in [0.1, 0.15) is 5.22 Å². The Balaban J connectivity index is 2.75. The van der Waals surface area contributed by atoms with Gasteiger partial charge in [-0.2, -0.15) is 0 Å². The largest absolute Gasteiger partial charge is 0.396 e. The predicted octanol–water partition coefficient (Wildman–Crippen LogP) is 2.37. The lowest BCUT2D eigenvalue weighted by Crippen LogP contribution is -2.80. The maximum atomic E-state index is 13.6. The van der Waals surface area contributed by atoms with Gasteiger partial charge in [0.25, 0.3) is 0 Å². The van der Waals surface area contributed by atoms with Gasteiger partial charge in [-0.15, -0.1) is 0 Å². The molecule has 0 spiro atoms. The van der Waals surface area contributed by atoms with Crippen molar-refractivity contribution in [1.82, 2.24) is 0 Å². The Bertz CT molecular complexity index is 680. The molecule has 2 N–H and O–H groups in total. The maximum Gasteiger partial charge on any atom is 0.373 e. The van der Waals surface area contributed by atoms with Crippen LogP contribution in [0.25, 0.3) is 0 Å². The predicted molar refractivity (Wildman–Crippen MR) is 99.0 cm³/mol. The summed E-state index contributed by atoms with van der Waals surface area (Å²) in [5.41, 5.74) is 6.73. The lowest BCUT2D eigenvalue weighted by Gasteiger charge is -2.56. The number of nitrogens with two attached hydrogens (primary N) is 1. The first-order valence-corrected chi connectivity index (χ1v) is 12.1. The Morgan fingerprint density at radius 1 is 1.16 bits per heavy atom. The highest BCUT2D eigenvalue weighted by Crippen LogP contribution is 2.51. The molecule has 0 amide bonds. The van der Waals surface area contributed by atoms with E-state index >= 15 is 0 Å². The average Bonchev–Trinajstić information content (AvgIpc) is 2.64. The van der Waals surface area contributed by atoms with Crippen LogP contribution in [0.3, 0.4) is 0 Å². The first-order valence-electron chi connectivity index (χ1n) is 8.55. The van der Waals surface area contributed by atoms with E-state index in [1.165, 1.54) is 7.11 Å². The standard InChI is InChI=1S/C17H29NO5SSi/c1-5-12-17(21-2)16(18,13-9-14-25(17,22-3)23-4)24(19,20)15-10-7-6-8-11-15/h6-8,10-11H,5,9,12-14,18H2,1-4H3. The van der Waals surface area contributed by atoms with Crippen molar-refractivity contribution in [1.29, 1.82) is 0 Å². The number of sulfone groups is 1. The van der Waals surface area contributed by atoms with Crippen LogP contribution in [-0.2, 0) is 23.4 Å². The summed E-state index contributed by atoms with van der Waals surface area (Å²) in [5, 5.41) is -1.19. The van der Waals surface area contributed by atoms with Crippen molar-refractivity contribution in [3.63, 3.8) is 0 Å². The summed E-state index contributed by atoms with van der Waals surface area (Å²) in [6, 6.07) is 8.98. The summed E-state index contributed by atoms with van der Waals surface area (Å²) >= 11 is 0. The second-order valence-corrected chi connectivity index (χ2v) is 12.3. The molecular formula is C17H29NO5SSi. The number of hydrogen-bond acceptors (Lipinski definition) is 6. The van der Waals surface area contributed by atoms with Crippen LogP contribution in [0.5, 0.6) is 0 Å². The van der Waals surface area contributed by atoms with E-state index in [1.54, 1.807) is 44.6 Å². The fourth-order valence-corrected chi connectivity index (χ4v) is 11.1. The summed E-state index contributed by atoms with van der Waals surface area (Å²) < 4.78 is 44.8. The van der Waals surface area contributed by atoms with Crippen LogP contribution < -0.4 is 5.73 Å². The van der Waals surface area contributed by atoms with Crippen LogP contribution >= 0.6 is 0 Å². The summed E-state index contributed by atoms with van der Waals surface area (Å²) in [5.74, 6) is 0. The molecule has 1 aliphatic rings. The van der Waals surface area contributed by atoms with Gasteiger partial charge in [0.15, 0.2) is 14.7 Å². The van der Waals surface area contributed by atoms with Crippen molar-refractivity contribution in [2.24, 2.45) is 5.73 Å². The fraction of sp³-hybridized carbons (Fsp3) is 0.647. The molecular weight excluding hydrogens is 358 g/mol. The van der Waals surface area contributed by atoms with Crippen molar-refractivity contribution in [2.45, 2.75) is 53.6 Å². The number of ether oxygens (including phenoxy) is 1. The molecule has 1 aromatic carbocycles. The minimum absolute atomic E-state index is 0.201. The minimum atomic E-state index is -3.87. The van der Waals surface area contributed by atoms with E-state index in [9.17, 15) is 8.42 Å². The third-order valence-corrected chi connectivity index (χ3v) is 12.5. The molecule has 142 valence electrons. The van der Waals surface area contributed by atoms with Crippen molar-refractivity contribution >= 4 is 18.4 Å².